The van der Waals surface area contributed by atoms with Crippen LogP contribution in [0.15, 0.2) is 48.5 Å². The number of hydrogen-bond donors (Lipinski definition) is 1. The van der Waals surface area contributed by atoms with Crippen molar-refractivity contribution in [3.8, 4) is 11.1 Å². The van der Waals surface area contributed by atoms with Crippen molar-refractivity contribution < 1.29 is 37.3 Å². The van der Waals surface area contributed by atoms with E-state index in [4.69, 9.17) is 4.74 Å². The highest BCUT2D eigenvalue weighted by atomic mass is 19.4. The van der Waals surface area contributed by atoms with E-state index in [1.54, 1.807) is 0 Å². The minimum absolute atomic E-state index is 0.0348. The van der Waals surface area contributed by atoms with E-state index in [-0.39, 0.29) is 12.5 Å². The third-order valence-electron chi connectivity index (χ3n) is 4.92. The van der Waals surface area contributed by atoms with Crippen LogP contribution in [0, 0.1) is 0 Å². The average molecular weight is 423 g/mol. The number of rotatable bonds is 7. The summed E-state index contributed by atoms with van der Waals surface area (Å²) >= 11 is 0. The number of carbonyl (C=O) groups excluding carboxylic acids is 1. The van der Waals surface area contributed by atoms with Gasteiger partial charge < -0.3 is 14.6 Å². The Hall–Kier alpha value is -3.07. The number of alkyl halides is 3. The lowest BCUT2D eigenvalue weighted by atomic mass is 9.98. The number of hydrogen-bond acceptors (Lipinski definition) is 4. The zero-order chi connectivity index (χ0) is 21.9. The Morgan fingerprint density at radius 2 is 1.60 bits per heavy atom. The van der Waals surface area contributed by atoms with Crippen LogP contribution >= 0.6 is 0 Å². The molecule has 2 aromatic carbocycles. The van der Waals surface area contributed by atoms with Gasteiger partial charge in [-0.15, -0.1) is 0 Å². The van der Waals surface area contributed by atoms with Gasteiger partial charge in [-0.05, 0) is 22.3 Å². The van der Waals surface area contributed by atoms with Gasteiger partial charge in [0.1, 0.15) is 13.2 Å². The summed E-state index contributed by atoms with van der Waals surface area (Å²) in [5, 5.41) is 9.25. The molecule has 1 atom stereocenters. The highest BCUT2D eigenvalue weighted by Crippen LogP contribution is 2.44. The van der Waals surface area contributed by atoms with Gasteiger partial charge in [-0.25, -0.2) is 9.59 Å². The van der Waals surface area contributed by atoms with Crippen molar-refractivity contribution in [3.63, 3.8) is 0 Å². The van der Waals surface area contributed by atoms with Crippen LogP contribution in [0.25, 0.3) is 11.1 Å². The second-order valence-electron chi connectivity index (χ2n) is 6.90. The maximum absolute atomic E-state index is 12.4. The van der Waals surface area contributed by atoms with Crippen LogP contribution < -0.4 is 0 Å². The van der Waals surface area contributed by atoms with E-state index in [0.29, 0.717) is 0 Å². The number of likely N-dealkylation sites (N-methyl/N-ethyl adjacent to an activating group) is 1. The zero-order valence-electron chi connectivity index (χ0n) is 16.1. The first kappa shape index (κ1) is 21.6. The summed E-state index contributed by atoms with van der Waals surface area (Å²) in [4.78, 5) is 24.5. The van der Waals surface area contributed by atoms with Crippen molar-refractivity contribution in [1.82, 2.24) is 4.90 Å². The summed E-state index contributed by atoms with van der Waals surface area (Å²) in [6, 6.07) is 13.8. The van der Waals surface area contributed by atoms with E-state index in [9.17, 15) is 27.9 Å². The number of ether oxygens (including phenoxy) is 2. The fourth-order valence-electron chi connectivity index (χ4n) is 3.46. The number of aliphatic carboxylic acids is 1. The van der Waals surface area contributed by atoms with Gasteiger partial charge in [-0.3, -0.25) is 4.90 Å². The molecule has 3 rings (SSSR count). The lowest BCUT2D eigenvalue weighted by Gasteiger charge is -2.25. The Balaban J connectivity index is 1.66. The van der Waals surface area contributed by atoms with Gasteiger partial charge in [0.05, 0.1) is 6.61 Å². The number of nitrogens with zero attached hydrogens (tertiary/aromatic N) is 1. The van der Waals surface area contributed by atoms with Crippen molar-refractivity contribution in [2.24, 2.45) is 0 Å². The number of carboxylic acids is 1. The predicted molar refractivity (Wildman–Crippen MR) is 101 cm³/mol. The Morgan fingerprint density at radius 1 is 1.07 bits per heavy atom. The molecule has 1 N–H and O–H groups in total. The average Bonchev–Trinajstić information content (AvgIpc) is 3.02. The molecule has 1 amide bonds. The van der Waals surface area contributed by atoms with E-state index in [1.165, 1.54) is 0 Å². The summed E-state index contributed by atoms with van der Waals surface area (Å²) in [6.45, 7) is -2.45. The molecule has 0 aliphatic heterocycles. The van der Waals surface area contributed by atoms with Crippen molar-refractivity contribution in [2.75, 3.05) is 26.9 Å². The Kier molecular flexibility index (Phi) is 6.31. The molecule has 1 aliphatic rings. The fourth-order valence-corrected chi connectivity index (χ4v) is 3.46. The van der Waals surface area contributed by atoms with E-state index in [0.717, 1.165) is 34.2 Å². The van der Waals surface area contributed by atoms with Crippen LogP contribution in [0.4, 0.5) is 18.0 Å². The lowest BCUT2D eigenvalue weighted by Crippen LogP contribution is -2.46. The molecule has 0 saturated heterocycles. The summed E-state index contributed by atoms with van der Waals surface area (Å²) in [6.07, 6.45) is -5.55. The summed E-state index contributed by atoms with van der Waals surface area (Å²) in [5.74, 6) is -1.72. The largest absolute Gasteiger partial charge is 0.480 e. The number of halogens is 3. The Morgan fingerprint density at radius 3 is 2.10 bits per heavy atom. The highest BCUT2D eigenvalue weighted by Gasteiger charge is 2.33. The summed E-state index contributed by atoms with van der Waals surface area (Å²) < 4.78 is 46.4. The maximum Gasteiger partial charge on any atom is 0.411 e. The van der Waals surface area contributed by atoms with E-state index < -0.39 is 37.5 Å². The first-order chi connectivity index (χ1) is 14.2. The van der Waals surface area contributed by atoms with Crippen LogP contribution in [0.1, 0.15) is 17.0 Å². The molecule has 2 aromatic rings. The van der Waals surface area contributed by atoms with Gasteiger partial charge in [0.15, 0.2) is 6.04 Å². The lowest BCUT2D eigenvalue weighted by molar-refractivity contribution is -0.179. The first-order valence-electron chi connectivity index (χ1n) is 9.14. The smallest absolute Gasteiger partial charge is 0.411 e. The minimum atomic E-state index is -4.59. The van der Waals surface area contributed by atoms with Crippen molar-refractivity contribution >= 4 is 12.1 Å². The second-order valence-corrected chi connectivity index (χ2v) is 6.90. The van der Waals surface area contributed by atoms with Gasteiger partial charge in [-0.1, -0.05) is 48.5 Å². The molecule has 0 spiro atoms. The summed E-state index contributed by atoms with van der Waals surface area (Å²) in [5.41, 5.74) is 4.04. The first-order valence-corrected chi connectivity index (χ1v) is 9.14. The van der Waals surface area contributed by atoms with Crippen molar-refractivity contribution in [1.29, 1.82) is 0 Å². The van der Waals surface area contributed by atoms with Crippen LogP contribution in [0.5, 0.6) is 0 Å². The Labute approximate surface area is 170 Å². The fraction of sp³-hybridized carbons (Fsp3) is 0.333. The van der Waals surface area contributed by atoms with Crippen LogP contribution in [0.2, 0.25) is 0 Å². The molecular weight excluding hydrogens is 403 g/mol. The SMILES string of the molecule is CN(C(=O)OCC1c2ccccc2-c2ccccc21)[C@@H](COCC(F)(F)F)C(=O)O. The molecule has 1 aliphatic carbocycles. The number of benzene rings is 2. The predicted octanol–water partition coefficient (Wildman–Crippen LogP) is 3.90. The van der Waals surface area contributed by atoms with Crippen LogP contribution in [-0.4, -0.2) is 61.2 Å². The highest BCUT2D eigenvalue weighted by molar-refractivity contribution is 5.81. The van der Waals surface area contributed by atoms with E-state index in [2.05, 4.69) is 4.74 Å². The normalized spacial score (nSPS) is 14.0. The number of carboxylic acid groups (broad SMARTS) is 1. The summed E-state index contributed by atoms with van der Waals surface area (Å²) in [7, 11) is 1.15. The van der Waals surface area contributed by atoms with Crippen molar-refractivity contribution in [3.05, 3.63) is 59.7 Å². The van der Waals surface area contributed by atoms with Gasteiger partial charge in [0.25, 0.3) is 0 Å². The number of carbonyl (C=O) groups is 2. The molecule has 0 unspecified atom stereocenters. The Bertz CT molecular complexity index is 885. The number of fused-ring (bicyclic) bond motifs is 3. The van der Waals surface area contributed by atoms with E-state index >= 15 is 0 Å². The number of amides is 1. The zero-order valence-corrected chi connectivity index (χ0v) is 16.1. The molecule has 0 saturated carbocycles. The van der Waals surface area contributed by atoms with Crippen LogP contribution in [0.3, 0.4) is 0 Å². The maximum atomic E-state index is 12.4. The third-order valence-corrected chi connectivity index (χ3v) is 4.92. The topological polar surface area (TPSA) is 76.1 Å². The second kappa shape index (κ2) is 8.74. The quantitative estimate of drug-likeness (QED) is 0.731. The molecule has 0 bridgehead atoms. The van der Waals surface area contributed by atoms with E-state index in [1.807, 2.05) is 48.5 Å². The van der Waals surface area contributed by atoms with Gasteiger partial charge >= 0.3 is 18.2 Å². The molecule has 0 fully saturated rings. The molecule has 0 heterocycles. The van der Waals surface area contributed by atoms with Crippen molar-refractivity contribution in [2.45, 2.75) is 18.1 Å². The van der Waals surface area contributed by atoms with Crippen LogP contribution in [-0.2, 0) is 14.3 Å². The molecule has 160 valence electrons. The molecule has 0 radical (unpaired) electrons. The van der Waals surface area contributed by atoms with Gasteiger partial charge in [0.2, 0.25) is 0 Å². The molecule has 0 aromatic heterocycles. The monoisotopic (exact) mass is 423 g/mol. The molecule has 9 heteroatoms. The minimum Gasteiger partial charge on any atom is -0.480 e. The molecule has 30 heavy (non-hydrogen) atoms. The third kappa shape index (κ3) is 4.73. The standard InChI is InChI=1S/C21H20F3NO5/c1-25(18(19(26)27)11-29-12-21(22,23)24)20(28)30-10-17-15-8-4-2-6-13(15)14-7-3-5-9-16(14)17/h2-9,17-18H,10-12H2,1H3,(H,26,27)/t18-/m0/s1. The van der Waals surface area contributed by atoms with Gasteiger partial charge in [0, 0.05) is 13.0 Å². The molecule has 6 nitrogen and oxygen atoms in total. The van der Waals surface area contributed by atoms with Gasteiger partial charge in [-0.2, -0.15) is 13.2 Å². The molecular formula is C21H20F3NO5.